The van der Waals surface area contributed by atoms with Gasteiger partial charge in [0.15, 0.2) is 23.0 Å². The van der Waals surface area contributed by atoms with Crippen LogP contribution in [0.15, 0.2) is 28.7 Å². The number of ether oxygens (including phenoxy) is 6. The summed E-state index contributed by atoms with van der Waals surface area (Å²) >= 11 is 3.53. The third-order valence-corrected chi connectivity index (χ3v) is 6.41. The summed E-state index contributed by atoms with van der Waals surface area (Å²) < 4.78 is 31.8. The predicted octanol–water partition coefficient (Wildman–Crippen LogP) is 4.53. The molecule has 9 nitrogen and oxygen atoms in total. The summed E-state index contributed by atoms with van der Waals surface area (Å²) in [4.78, 5) is 26.1. The van der Waals surface area contributed by atoms with Gasteiger partial charge < -0.3 is 33.3 Å². The molecule has 1 heterocycles. The maximum atomic E-state index is 12.6. The van der Waals surface area contributed by atoms with Crippen LogP contribution in [0.2, 0.25) is 0 Å². The molecular formula is C23H26BrNO8. The van der Waals surface area contributed by atoms with Crippen molar-refractivity contribution in [2.45, 2.75) is 18.9 Å². The van der Waals surface area contributed by atoms with Crippen LogP contribution in [0.1, 0.15) is 22.7 Å². The van der Waals surface area contributed by atoms with Gasteiger partial charge in [-0.1, -0.05) is 6.07 Å². The van der Waals surface area contributed by atoms with E-state index in [1.807, 2.05) is 18.2 Å². The lowest BCUT2D eigenvalue weighted by atomic mass is 9.88. The topological polar surface area (TPSA) is 92.8 Å². The first-order valence-electron chi connectivity index (χ1n) is 10.1. The number of hydrogen-bond donors (Lipinski definition) is 0. The second-order valence-corrected chi connectivity index (χ2v) is 7.96. The molecule has 33 heavy (non-hydrogen) atoms. The fourth-order valence-corrected chi connectivity index (χ4v) is 4.48. The van der Waals surface area contributed by atoms with E-state index in [4.69, 9.17) is 23.7 Å². The third kappa shape index (κ3) is 4.95. The fourth-order valence-electron chi connectivity index (χ4n) is 3.91. The van der Waals surface area contributed by atoms with E-state index in [2.05, 4.69) is 20.7 Å². The molecular weight excluding hydrogens is 498 g/mol. The Kier molecular flexibility index (Phi) is 7.91. The predicted molar refractivity (Wildman–Crippen MR) is 123 cm³/mol. The monoisotopic (exact) mass is 523 g/mol. The molecule has 10 heteroatoms. The average Bonchev–Trinajstić information content (AvgIpc) is 2.84. The summed E-state index contributed by atoms with van der Waals surface area (Å²) in [7, 11) is 7.21. The third-order valence-electron chi connectivity index (χ3n) is 5.54. The molecule has 1 aliphatic heterocycles. The quantitative estimate of drug-likeness (QED) is 0.402. The lowest BCUT2D eigenvalue weighted by molar-refractivity contribution is 0.100. The number of carbonyl (C=O) groups is 2. The highest BCUT2D eigenvalue weighted by molar-refractivity contribution is 9.10. The number of rotatable bonds is 6. The van der Waals surface area contributed by atoms with Gasteiger partial charge in [0, 0.05) is 6.54 Å². The normalized spacial score (nSPS) is 14.7. The van der Waals surface area contributed by atoms with Crippen LogP contribution in [0.25, 0.3) is 0 Å². The Hall–Kier alpha value is -3.14. The number of halogens is 1. The van der Waals surface area contributed by atoms with Crippen molar-refractivity contribution >= 4 is 28.2 Å². The molecule has 0 unspecified atom stereocenters. The standard InChI is InChI=1S/C23H26BrNO8/c1-28-17-7-6-14(20(24)21(17)33-23(27)32-5)10-16-15-12-19(30-3)18(29-2)11-13(15)8-9-25(16)22(26)31-4/h6-7,11-12,16H,8-10H2,1-5H3/t16-/m1/s1. The van der Waals surface area contributed by atoms with Crippen LogP contribution in [-0.2, 0) is 22.3 Å². The number of methoxy groups -OCH3 is 5. The number of benzene rings is 2. The molecule has 2 aromatic carbocycles. The largest absolute Gasteiger partial charge is 0.513 e. The molecule has 0 radical (unpaired) electrons. The molecule has 0 saturated heterocycles. The van der Waals surface area contributed by atoms with Gasteiger partial charge in [-0.05, 0) is 63.7 Å². The van der Waals surface area contributed by atoms with Gasteiger partial charge in [-0.25, -0.2) is 9.59 Å². The number of carbonyl (C=O) groups excluding carboxylic acids is 2. The summed E-state index contributed by atoms with van der Waals surface area (Å²) in [5, 5.41) is 0. The van der Waals surface area contributed by atoms with E-state index >= 15 is 0 Å². The number of nitrogens with zero attached hydrogens (tertiary/aromatic N) is 1. The first-order valence-corrected chi connectivity index (χ1v) is 10.9. The molecule has 1 amide bonds. The Morgan fingerprint density at radius 3 is 2.24 bits per heavy atom. The van der Waals surface area contributed by atoms with Gasteiger partial charge in [-0.2, -0.15) is 0 Å². The highest BCUT2D eigenvalue weighted by Gasteiger charge is 2.34. The maximum absolute atomic E-state index is 12.6. The Labute approximate surface area is 200 Å². The van der Waals surface area contributed by atoms with Crippen LogP contribution in [-0.4, -0.2) is 59.2 Å². The van der Waals surface area contributed by atoms with Gasteiger partial charge in [-0.3, -0.25) is 0 Å². The molecule has 178 valence electrons. The highest BCUT2D eigenvalue weighted by atomic mass is 79.9. The summed E-state index contributed by atoms with van der Waals surface area (Å²) in [5.41, 5.74) is 2.76. The Bertz CT molecular complexity index is 1040. The van der Waals surface area contributed by atoms with E-state index in [-0.39, 0.29) is 11.8 Å². The van der Waals surface area contributed by atoms with Crippen molar-refractivity contribution < 1.29 is 38.0 Å². The first-order chi connectivity index (χ1) is 15.9. The zero-order valence-electron chi connectivity index (χ0n) is 19.1. The summed E-state index contributed by atoms with van der Waals surface area (Å²) in [6, 6.07) is 7.00. The van der Waals surface area contributed by atoms with Crippen molar-refractivity contribution in [3.63, 3.8) is 0 Å². The number of amides is 1. The van der Waals surface area contributed by atoms with Crippen molar-refractivity contribution in [1.29, 1.82) is 0 Å². The van der Waals surface area contributed by atoms with E-state index < -0.39 is 12.2 Å². The summed E-state index contributed by atoms with van der Waals surface area (Å²) in [5.74, 6) is 1.74. The van der Waals surface area contributed by atoms with Crippen LogP contribution in [0.4, 0.5) is 9.59 Å². The van der Waals surface area contributed by atoms with Gasteiger partial charge >= 0.3 is 12.2 Å². The minimum atomic E-state index is -0.873. The number of hydrogen-bond acceptors (Lipinski definition) is 8. The van der Waals surface area contributed by atoms with Crippen LogP contribution >= 0.6 is 15.9 Å². The van der Waals surface area contributed by atoms with Crippen molar-refractivity contribution in [2.24, 2.45) is 0 Å². The summed E-state index contributed by atoms with van der Waals surface area (Å²) in [6.45, 7) is 0.471. The van der Waals surface area contributed by atoms with Crippen molar-refractivity contribution in [1.82, 2.24) is 4.90 Å². The van der Waals surface area contributed by atoms with E-state index in [9.17, 15) is 9.59 Å². The van der Waals surface area contributed by atoms with Gasteiger partial charge in [-0.15, -0.1) is 0 Å². The van der Waals surface area contributed by atoms with E-state index in [1.165, 1.54) is 21.3 Å². The van der Waals surface area contributed by atoms with Crippen LogP contribution in [0, 0.1) is 0 Å². The molecule has 0 N–H and O–H groups in total. The van der Waals surface area contributed by atoms with Gasteiger partial charge in [0.1, 0.15) is 0 Å². The van der Waals surface area contributed by atoms with Crippen LogP contribution < -0.4 is 18.9 Å². The summed E-state index contributed by atoms with van der Waals surface area (Å²) in [6.07, 6.45) is -0.264. The van der Waals surface area contributed by atoms with Crippen LogP contribution in [0.3, 0.4) is 0 Å². The van der Waals surface area contributed by atoms with E-state index in [0.717, 1.165) is 16.7 Å². The van der Waals surface area contributed by atoms with E-state index in [1.54, 1.807) is 25.2 Å². The first kappa shape index (κ1) is 24.5. The second kappa shape index (κ2) is 10.7. The molecule has 1 aliphatic rings. The van der Waals surface area contributed by atoms with Gasteiger partial charge in [0.2, 0.25) is 0 Å². The molecule has 0 aliphatic carbocycles. The Morgan fingerprint density at radius 2 is 1.64 bits per heavy atom. The lowest BCUT2D eigenvalue weighted by Crippen LogP contribution is -2.41. The maximum Gasteiger partial charge on any atom is 0.513 e. The van der Waals surface area contributed by atoms with Crippen molar-refractivity contribution in [3.05, 3.63) is 45.4 Å². The van der Waals surface area contributed by atoms with Gasteiger partial charge in [0.25, 0.3) is 0 Å². The average molecular weight is 524 g/mol. The Morgan fingerprint density at radius 1 is 0.970 bits per heavy atom. The molecule has 2 aromatic rings. The molecule has 0 spiro atoms. The number of fused-ring (bicyclic) bond motifs is 1. The minimum Gasteiger partial charge on any atom is -0.493 e. The van der Waals surface area contributed by atoms with E-state index in [0.29, 0.717) is 41.1 Å². The second-order valence-electron chi connectivity index (χ2n) is 7.17. The van der Waals surface area contributed by atoms with Crippen molar-refractivity contribution in [3.8, 4) is 23.0 Å². The van der Waals surface area contributed by atoms with Crippen molar-refractivity contribution in [2.75, 3.05) is 42.1 Å². The fraction of sp³-hybridized carbons (Fsp3) is 0.391. The Balaban J connectivity index is 2.09. The SMILES string of the molecule is COC(=O)Oc1c(OC)ccc(C[C@@H]2c3cc(OC)c(OC)cc3CCN2C(=O)OC)c1Br. The zero-order valence-corrected chi connectivity index (χ0v) is 20.7. The van der Waals surface area contributed by atoms with Gasteiger partial charge in [0.05, 0.1) is 46.1 Å². The molecule has 0 bridgehead atoms. The lowest BCUT2D eigenvalue weighted by Gasteiger charge is -2.37. The minimum absolute atomic E-state index is 0.190. The molecule has 0 fully saturated rings. The molecule has 0 aromatic heterocycles. The smallest absolute Gasteiger partial charge is 0.493 e. The molecule has 0 saturated carbocycles. The molecule has 3 rings (SSSR count). The zero-order chi connectivity index (χ0) is 24.1. The van der Waals surface area contributed by atoms with Crippen LogP contribution in [0.5, 0.6) is 23.0 Å². The highest BCUT2D eigenvalue weighted by Crippen LogP contribution is 2.43. The molecule has 1 atom stereocenters.